The maximum absolute atomic E-state index is 8.33. The van der Waals surface area contributed by atoms with E-state index in [0.717, 1.165) is 16.7 Å². The quantitative estimate of drug-likeness (QED) is 0.460. The van der Waals surface area contributed by atoms with Crippen LogP contribution in [0.1, 0.15) is 16.7 Å². The van der Waals surface area contributed by atoms with Crippen molar-refractivity contribution in [2.45, 2.75) is 0 Å². The van der Waals surface area contributed by atoms with E-state index in [1.165, 1.54) is 6.08 Å². The van der Waals surface area contributed by atoms with E-state index in [1.54, 1.807) is 6.08 Å². The van der Waals surface area contributed by atoms with Gasteiger partial charge in [-0.05, 0) is 22.8 Å². The van der Waals surface area contributed by atoms with Crippen LogP contribution in [0.2, 0.25) is 0 Å². The van der Waals surface area contributed by atoms with Crippen molar-refractivity contribution in [2.75, 3.05) is 0 Å². The summed E-state index contributed by atoms with van der Waals surface area (Å²) in [7, 11) is 0. The minimum Gasteiger partial charge on any atom is -0.652 e. The molecule has 0 bridgehead atoms. The molecule has 5 heteroatoms. The molecule has 0 aliphatic rings. The fraction of sp³-hybridized carbons (Fsp3) is 0. The molecule has 0 atom stereocenters. The minimum atomic E-state index is -2.33. The average Bonchev–Trinajstić information content (AvgIpc) is 2.66. The molecule has 0 aromatic heterocycles. The Balaban J connectivity index is 0. The van der Waals surface area contributed by atoms with Crippen LogP contribution in [-0.2, 0) is 0 Å². The summed E-state index contributed by atoms with van der Waals surface area (Å²) >= 11 is 0. The fourth-order valence-electron chi connectivity index (χ4n) is 1.71. The number of carbonyl (C=O) groups excluding carboxylic acids is 1. The molecule has 0 fully saturated rings. The number of carboxylic acid groups (broad SMARTS) is 2. The molecule has 2 aromatic carbocycles. The van der Waals surface area contributed by atoms with Gasteiger partial charge in [0, 0.05) is 6.08 Å². The molecule has 0 aliphatic heterocycles. The topological polar surface area (TPSA) is 87.0 Å². The van der Waals surface area contributed by atoms with Gasteiger partial charge in [0.15, 0.2) is 0 Å². The van der Waals surface area contributed by atoms with Gasteiger partial charge >= 0.3 is 37.7 Å². The van der Waals surface area contributed by atoms with Crippen molar-refractivity contribution in [1.29, 1.82) is 5.26 Å². The molecule has 27 heavy (non-hydrogen) atoms. The van der Waals surface area contributed by atoms with Crippen molar-refractivity contribution in [1.82, 2.24) is 0 Å². The molecule has 2 aromatic rings. The molecule has 132 valence electrons. The zero-order valence-corrected chi connectivity index (χ0v) is 17.2. The molecule has 0 saturated heterocycles. The van der Waals surface area contributed by atoms with Crippen molar-refractivity contribution >= 4 is 62.1 Å². The second-order valence-corrected chi connectivity index (χ2v) is 4.55. The maximum atomic E-state index is 8.33. The molecule has 0 heterocycles. The molecule has 2 rings (SSSR count). The number of nitriles is 1. The number of nitrogens with zero attached hydrogens (tertiary/aromatic N) is 1. The van der Waals surface area contributed by atoms with Crippen LogP contribution >= 0.6 is 0 Å². The summed E-state index contributed by atoms with van der Waals surface area (Å²) in [4.78, 5) is 8.33. The largest absolute Gasteiger partial charge is 2.00 e. The summed E-state index contributed by atoms with van der Waals surface area (Å²) in [6.45, 7) is 7.38. The monoisotopic (exact) mass is 385 g/mol. The van der Waals surface area contributed by atoms with E-state index in [2.05, 4.69) is 13.2 Å². The second kappa shape index (κ2) is 18.2. The number of rotatable bonds is 4. The van der Waals surface area contributed by atoms with Gasteiger partial charge < -0.3 is 15.0 Å². The zero-order valence-electron chi connectivity index (χ0n) is 15.0. The maximum Gasteiger partial charge on any atom is 2.00 e. The molecule has 0 spiro atoms. The first-order valence-corrected chi connectivity index (χ1v) is 7.55. The van der Waals surface area contributed by atoms with Crippen LogP contribution in [0.5, 0.6) is 0 Å². The molecule has 0 amide bonds. The van der Waals surface area contributed by atoms with Crippen LogP contribution in [0.3, 0.4) is 0 Å². The first-order valence-electron chi connectivity index (χ1n) is 7.55. The van der Waals surface area contributed by atoms with Crippen molar-refractivity contribution in [2.24, 2.45) is 0 Å². The Morgan fingerprint density at radius 3 is 1.74 bits per heavy atom. The Kier molecular flexibility index (Phi) is 18.0. The van der Waals surface area contributed by atoms with E-state index >= 15 is 0 Å². The third kappa shape index (κ3) is 15.4. The van der Waals surface area contributed by atoms with Crippen molar-refractivity contribution < 1.29 is 15.0 Å². The van der Waals surface area contributed by atoms with Gasteiger partial charge in [-0.25, -0.2) is 0 Å². The number of hydrogen-bond donors (Lipinski definition) is 0. The first kappa shape index (κ1) is 26.6. The molecular weight excluding hydrogens is 366 g/mol. The third-order valence-electron chi connectivity index (χ3n) is 2.81. The standard InChI is InChI=1S/C11H9N.C10H10.CH2O3.Ca/c12-10-6-2-5-9-11-7-3-1-4-8-11;1-3-9-7-5-6-8-10(9)4-2;2-1(3)4;/h1-9H;3-8H,1-2H2;(H2,2,3,4);/q;;;+2/p-2. The van der Waals surface area contributed by atoms with E-state index in [0.29, 0.717) is 0 Å². The number of benzene rings is 2. The van der Waals surface area contributed by atoms with Crippen LogP contribution in [0, 0.1) is 11.3 Å². The Morgan fingerprint density at radius 2 is 1.33 bits per heavy atom. The molecular formula is C22H19CaNO3. The summed E-state index contributed by atoms with van der Waals surface area (Å²) in [5.74, 6) is 0. The van der Waals surface area contributed by atoms with E-state index in [1.807, 2.05) is 85.0 Å². The molecule has 0 saturated carbocycles. The van der Waals surface area contributed by atoms with Gasteiger partial charge in [-0.3, -0.25) is 0 Å². The van der Waals surface area contributed by atoms with Gasteiger partial charge in [-0.15, -0.1) is 0 Å². The van der Waals surface area contributed by atoms with Crippen molar-refractivity contribution in [3.05, 3.63) is 103 Å². The van der Waals surface area contributed by atoms with Gasteiger partial charge in [-0.1, -0.05) is 98.1 Å². The van der Waals surface area contributed by atoms with Crippen LogP contribution in [0.25, 0.3) is 18.2 Å². The van der Waals surface area contributed by atoms with E-state index in [4.69, 9.17) is 20.3 Å². The van der Waals surface area contributed by atoms with Crippen LogP contribution in [0.4, 0.5) is 4.79 Å². The molecule has 0 radical (unpaired) electrons. The summed E-state index contributed by atoms with van der Waals surface area (Å²) in [5.41, 5.74) is 3.41. The summed E-state index contributed by atoms with van der Waals surface area (Å²) in [6, 6.07) is 19.9. The normalized spacial score (nSPS) is 8.85. The Bertz CT molecular complexity index is 760. The van der Waals surface area contributed by atoms with Gasteiger partial charge in [-0.2, -0.15) is 5.26 Å². The first-order chi connectivity index (χ1) is 12.5. The number of carbonyl (C=O) groups is 1. The van der Waals surface area contributed by atoms with Crippen LogP contribution in [-0.4, -0.2) is 43.9 Å². The van der Waals surface area contributed by atoms with Gasteiger partial charge in [0.1, 0.15) is 0 Å². The fourth-order valence-corrected chi connectivity index (χ4v) is 1.71. The Labute approximate surface area is 190 Å². The zero-order chi connectivity index (χ0) is 19.6. The number of hydrogen-bond acceptors (Lipinski definition) is 4. The van der Waals surface area contributed by atoms with Crippen LogP contribution < -0.4 is 10.2 Å². The predicted octanol–water partition coefficient (Wildman–Crippen LogP) is 2.92. The molecule has 0 N–H and O–H groups in total. The van der Waals surface area contributed by atoms with E-state index in [-0.39, 0.29) is 37.7 Å². The SMILES string of the molecule is C=Cc1ccccc1C=C.N#CC=CC=Cc1ccccc1.O=C([O-])[O-].[Ca+2]. The Morgan fingerprint density at radius 1 is 0.889 bits per heavy atom. The summed E-state index contributed by atoms with van der Waals surface area (Å²) in [6.07, 6.45) is 8.28. The molecule has 0 unspecified atom stereocenters. The summed E-state index contributed by atoms with van der Waals surface area (Å²) in [5, 5.41) is 24.9. The van der Waals surface area contributed by atoms with Gasteiger partial charge in [0.05, 0.1) is 6.07 Å². The second-order valence-electron chi connectivity index (χ2n) is 4.55. The predicted molar refractivity (Wildman–Crippen MR) is 108 cm³/mol. The van der Waals surface area contributed by atoms with Gasteiger partial charge in [0.25, 0.3) is 0 Å². The minimum absolute atomic E-state index is 0. The molecule has 0 aliphatic carbocycles. The van der Waals surface area contributed by atoms with E-state index in [9.17, 15) is 0 Å². The third-order valence-corrected chi connectivity index (χ3v) is 2.81. The average molecular weight is 385 g/mol. The molecule has 4 nitrogen and oxygen atoms in total. The Hall–Kier alpha value is -2.58. The smallest absolute Gasteiger partial charge is 0.652 e. The van der Waals surface area contributed by atoms with Crippen molar-refractivity contribution in [3.63, 3.8) is 0 Å². The van der Waals surface area contributed by atoms with Crippen molar-refractivity contribution in [3.8, 4) is 6.07 Å². The van der Waals surface area contributed by atoms with Crippen LogP contribution in [0.15, 0.2) is 86.0 Å². The summed E-state index contributed by atoms with van der Waals surface area (Å²) < 4.78 is 0. The van der Waals surface area contributed by atoms with E-state index < -0.39 is 6.16 Å². The van der Waals surface area contributed by atoms with Gasteiger partial charge in [0.2, 0.25) is 0 Å². The number of allylic oxidation sites excluding steroid dienone is 3.